The summed E-state index contributed by atoms with van der Waals surface area (Å²) in [6, 6.07) is 7.21. The molecule has 0 saturated carbocycles. The Balaban J connectivity index is 2.21. The molecular weight excluding hydrogens is 270 g/mol. The van der Waals surface area contributed by atoms with Crippen LogP contribution in [-0.4, -0.2) is 24.0 Å². The van der Waals surface area contributed by atoms with Gasteiger partial charge in [0.1, 0.15) is 0 Å². The number of hydrogen-bond donors (Lipinski definition) is 1. The lowest BCUT2D eigenvalue weighted by Gasteiger charge is -2.45. The monoisotopic (exact) mass is 296 g/mol. The van der Waals surface area contributed by atoms with Crippen molar-refractivity contribution in [3.8, 4) is 0 Å². The maximum absolute atomic E-state index is 12.7. The van der Waals surface area contributed by atoms with E-state index in [1.807, 2.05) is 0 Å². The van der Waals surface area contributed by atoms with E-state index < -0.39 is 6.43 Å². The van der Waals surface area contributed by atoms with Crippen molar-refractivity contribution >= 4 is 0 Å². The van der Waals surface area contributed by atoms with Crippen LogP contribution in [0.3, 0.4) is 0 Å². The van der Waals surface area contributed by atoms with Crippen LogP contribution in [0.1, 0.15) is 50.8 Å². The fourth-order valence-electron chi connectivity index (χ4n) is 3.50. The molecule has 1 aromatic rings. The first-order chi connectivity index (χ1) is 9.93. The topological polar surface area (TPSA) is 29.3 Å². The largest absolute Gasteiger partial charge is 0.329 e. The van der Waals surface area contributed by atoms with E-state index >= 15 is 0 Å². The summed E-state index contributed by atoms with van der Waals surface area (Å²) < 4.78 is 25.3. The van der Waals surface area contributed by atoms with Crippen LogP contribution in [0, 0.1) is 11.8 Å². The highest BCUT2D eigenvalue weighted by Gasteiger charge is 2.33. The lowest BCUT2D eigenvalue weighted by molar-refractivity contribution is 0.0424. The van der Waals surface area contributed by atoms with E-state index in [4.69, 9.17) is 5.73 Å². The summed E-state index contributed by atoms with van der Waals surface area (Å²) in [6.07, 6.45) is -1.18. The van der Waals surface area contributed by atoms with Crippen LogP contribution >= 0.6 is 0 Å². The molecule has 4 unspecified atom stereocenters. The van der Waals surface area contributed by atoms with E-state index in [0.29, 0.717) is 24.4 Å². The van der Waals surface area contributed by atoms with E-state index in [-0.39, 0.29) is 11.6 Å². The van der Waals surface area contributed by atoms with Crippen molar-refractivity contribution in [2.24, 2.45) is 17.6 Å². The number of nitrogens with two attached hydrogens (primary N) is 1. The second-order valence-electron chi connectivity index (χ2n) is 6.47. The van der Waals surface area contributed by atoms with Gasteiger partial charge >= 0.3 is 0 Å². The van der Waals surface area contributed by atoms with Crippen LogP contribution < -0.4 is 5.73 Å². The molecule has 1 aliphatic heterocycles. The average Bonchev–Trinajstić information content (AvgIpc) is 2.45. The van der Waals surface area contributed by atoms with Gasteiger partial charge in [-0.2, -0.15) is 0 Å². The van der Waals surface area contributed by atoms with Crippen LogP contribution in [0.25, 0.3) is 0 Å². The molecule has 118 valence electrons. The minimum atomic E-state index is -2.41. The Morgan fingerprint density at radius 2 is 1.71 bits per heavy atom. The van der Waals surface area contributed by atoms with Crippen molar-refractivity contribution in [2.45, 2.75) is 45.7 Å². The van der Waals surface area contributed by atoms with Crippen LogP contribution in [-0.2, 0) is 0 Å². The number of hydrogen-bond acceptors (Lipinski definition) is 2. The second-order valence-corrected chi connectivity index (χ2v) is 6.47. The van der Waals surface area contributed by atoms with Gasteiger partial charge in [0, 0.05) is 30.7 Å². The van der Waals surface area contributed by atoms with Gasteiger partial charge in [-0.1, -0.05) is 38.1 Å². The van der Waals surface area contributed by atoms with Gasteiger partial charge in [0.25, 0.3) is 6.43 Å². The Morgan fingerprint density at radius 3 is 2.24 bits per heavy atom. The molecule has 1 fully saturated rings. The molecule has 0 spiro atoms. The standard InChI is InChI=1S/C17H26F2N2/c1-11-8-12(2)13(3)21(10-11)16(9-20)14-4-6-15(7-5-14)17(18)19/h4-7,11-13,16-17H,8-10,20H2,1-3H3. The lowest BCUT2D eigenvalue weighted by atomic mass is 9.84. The molecule has 1 heterocycles. The van der Waals surface area contributed by atoms with Gasteiger partial charge in [-0.25, -0.2) is 8.78 Å². The summed E-state index contributed by atoms with van der Waals surface area (Å²) in [5.74, 6) is 1.27. The fourth-order valence-corrected chi connectivity index (χ4v) is 3.50. The molecule has 0 amide bonds. The molecule has 4 atom stereocenters. The molecule has 2 N–H and O–H groups in total. The number of rotatable bonds is 4. The Bertz CT molecular complexity index is 447. The Hall–Kier alpha value is -1.00. The quantitative estimate of drug-likeness (QED) is 0.910. The Kier molecular flexibility index (Phi) is 5.33. The molecule has 4 heteroatoms. The first-order valence-electron chi connectivity index (χ1n) is 7.77. The summed E-state index contributed by atoms with van der Waals surface area (Å²) in [4.78, 5) is 2.44. The van der Waals surface area contributed by atoms with Crippen molar-refractivity contribution in [1.82, 2.24) is 4.90 Å². The lowest BCUT2D eigenvalue weighted by Crippen LogP contribution is -2.49. The number of alkyl halides is 2. The minimum Gasteiger partial charge on any atom is -0.329 e. The van der Waals surface area contributed by atoms with Crippen LogP contribution in [0.2, 0.25) is 0 Å². The van der Waals surface area contributed by atoms with Gasteiger partial charge in [0.05, 0.1) is 0 Å². The van der Waals surface area contributed by atoms with E-state index in [0.717, 1.165) is 12.1 Å². The van der Waals surface area contributed by atoms with E-state index in [9.17, 15) is 8.78 Å². The normalized spacial score (nSPS) is 28.8. The number of piperidine rings is 1. The molecular formula is C17H26F2N2. The zero-order valence-corrected chi connectivity index (χ0v) is 13.1. The number of likely N-dealkylation sites (tertiary alicyclic amines) is 1. The van der Waals surface area contributed by atoms with Gasteiger partial charge in [0.15, 0.2) is 0 Å². The van der Waals surface area contributed by atoms with E-state index in [1.54, 1.807) is 12.1 Å². The Morgan fingerprint density at radius 1 is 1.14 bits per heavy atom. The summed E-state index contributed by atoms with van der Waals surface area (Å²) in [6.45, 7) is 8.32. The van der Waals surface area contributed by atoms with Gasteiger partial charge in [-0.15, -0.1) is 0 Å². The van der Waals surface area contributed by atoms with Gasteiger partial charge in [0.2, 0.25) is 0 Å². The van der Waals surface area contributed by atoms with Crippen LogP contribution in [0.5, 0.6) is 0 Å². The molecule has 21 heavy (non-hydrogen) atoms. The number of halogens is 2. The molecule has 2 rings (SSSR count). The summed E-state index contributed by atoms with van der Waals surface area (Å²) in [5, 5.41) is 0. The predicted molar refractivity (Wildman–Crippen MR) is 82.3 cm³/mol. The molecule has 1 aromatic carbocycles. The maximum atomic E-state index is 12.7. The zero-order valence-electron chi connectivity index (χ0n) is 13.1. The second kappa shape index (κ2) is 6.84. The third kappa shape index (κ3) is 3.61. The third-order valence-corrected chi connectivity index (χ3v) is 4.84. The van der Waals surface area contributed by atoms with Gasteiger partial charge < -0.3 is 5.73 Å². The molecule has 0 bridgehead atoms. The summed E-state index contributed by atoms with van der Waals surface area (Å²) in [7, 11) is 0. The van der Waals surface area contributed by atoms with E-state index in [2.05, 4.69) is 25.7 Å². The summed E-state index contributed by atoms with van der Waals surface area (Å²) >= 11 is 0. The smallest absolute Gasteiger partial charge is 0.263 e. The summed E-state index contributed by atoms with van der Waals surface area (Å²) in [5.41, 5.74) is 7.11. The van der Waals surface area contributed by atoms with Crippen molar-refractivity contribution in [1.29, 1.82) is 0 Å². The van der Waals surface area contributed by atoms with Crippen molar-refractivity contribution in [3.63, 3.8) is 0 Å². The van der Waals surface area contributed by atoms with Crippen molar-refractivity contribution in [3.05, 3.63) is 35.4 Å². The molecule has 1 aliphatic rings. The zero-order chi connectivity index (χ0) is 15.6. The predicted octanol–water partition coefficient (Wildman–Crippen LogP) is 3.99. The highest BCUT2D eigenvalue weighted by Crippen LogP contribution is 2.34. The molecule has 0 aromatic heterocycles. The van der Waals surface area contributed by atoms with Crippen LogP contribution in [0.15, 0.2) is 24.3 Å². The molecule has 1 saturated heterocycles. The minimum absolute atomic E-state index is 0.0722. The van der Waals surface area contributed by atoms with Crippen molar-refractivity contribution in [2.75, 3.05) is 13.1 Å². The first kappa shape index (κ1) is 16.4. The molecule has 0 radical (unpaired) electrons. The fraction of sp³-hybridized carbons (Fsp3) is 0.647. The SMILES string of the molecule is CC1CC(C)C(C)N(C(CN)c2ccc(C(F)F)cc2)C1. The highest BCUT2D eigenvalue weighted by atomic mass is 19.3. The number of benzene rings is 1. The van der Waals surface area contributed by atoms with E-state index in [1.165, 1.54) is 18.6 Å². The third-order valence-electron chi connectivity index (χ3n) is 4.84. The molecule has 2 nitrogen and oxygen atoms in total. The van der Waals surface area contributed by atoms with Crippen LogP contribution in [0.4, 0.5) is 8.78 Å². The maximum Gasteiger partial charge on any atom is 0.263 e. The van der Waals surface area contributed by atoms with Gasteiger partial charge in [-0.05, 0) is 30.7 Å². The van der Waals surface area contributed by atoms with Gasteiger partial charge in [-0.3, -0.25) is 4.90 Å². The number of nitrogens with zero attached hydrogens (tertiary/aromatic N) is 1. The Labute approximate surface area is 126 Å². The van der Waals surface area contributed by atoms with Crippen molar-refractivity contribution < 1.29 is 8.78 Å². The first-order valence-corrected chi connectivity index (χ1v) is 7.77. The highest BCUT2D eigenvalue weighted by molar-refractivity contribution is 5.26. The average molecular weight is 296 g/mol. The molecule has 0 aliphatic carbocycles.